The summed E-state index contributed by atoms with van der Waals surface area (Å²) in [5.74, 6) is 0.0405. The summed E-state index contributed by atoms with van der Waals surface area (Å²) in [5.41, 5.74) is 0.699. The van der Waals surface area contributed by atoms with Crippen LogP contribution < -0.4 is 4.74 Å². The summed E-state index contributed by atoms with van der Waals surface area (Å²) < 4.78 is 5.60. The number of likely N-dealkylation sites (N-methyl/N-ethyl adjacent to an activating group) is 1. The normalized spacial score (nSPS) is 12.5. The zero-order chi connectivity index (χ0) is 18.3. The largest absolute Gasteiger partial charge is 0.494 e. The van der Waals surface area contributed by atoms with E-state index in [1.807, 2.05) is 59.0 Å². The maximum Gasteiger partial charge on any atom is 0.303 e. The van der Waals surface area contributed by atoms with Gasteiger partial charge in [-0.25, -0.2) is 0 Å². The average Bonchev–Trinajstić information content (AvgIpc) is 2.49. The Morgan fingerprint density at radius 1 is 1.29 bits per heavy atom. The zero-order valence-corrected chi connectivity index (χ0v) is 15.3. The quantitative estimate of drug-likeness (QED) is 0.740. The Labute approximate surface area is 144 Å². The van der Waals surface area contributed by atoms with E-state index in [4.69, 9.17) is 9.84 Å². The third-order valence-corrected chi connectivity index (χ3v) is 3.86. The molecular formula is C19H29NO4. The lowest BCUT2D eigenvalue weighted by atomic mass is 9.93. The minimum atomic E-state index is -0.812. The van der Waals surface area contributed by atoms with E-state index < -0.39 is 11.4 Å². The van der Waals surface area contributed by atoms with Gasteiger partial charge in [0.15, 0.2) is 0 Å². The predicted octanol–water partition coefficient (Wildman–Crippen LogP) is 3.37. The second kappa shape index (κ2) is 8.71. The molecule has 0 fully saturated rings. The van der Waals surface area contributed by atoms with E-state index in [1.165, 1.54) is 0 Å². The smallest absolute Gasteiger partial charge is 0.303 e. The second-order valence-electron chi connectivity index (χ2n) is 7.21. The van der Waals surface area contributed by atoms with Crippen LogP contribution in [-0.2, 0) is 16.0 Å². The molecule has 0 aliphatic heterocycles. The molecule has 1 aromatic rings. The number of carboxylic acid groups (broad SMARTS) is 1. The van der Waals surface area contributed by atoms with Crippen LogP contribution in [0.4, 0.5) is 0 Å². The molecule has 24 heavy (non-hydrogen) atoms. The average molecular weight is 335 g/mol. The van der Waals surface area contributed by atoms with Crippen molar-refractivity contribution in [1.82, 2.24) is 4.90 Å². The number of carbonyl (C=O) groups excluding carboxylic acids is 1. The fourth-order valence-corrected chi connectivity index (χ4v) is 2.38. The van der Waals surface area contributed by atoms with Crippen LogP contribution in [0.2, 0.25) is 0 Å². The van der Waals surface area contributed by atoms with E-state index in [0.717, 1.165) is 17.7 Å². The summed E-state index contributed by atoms with van der Waals surface area (Å²) in [4.78, 5) is 24.6. The Morgan fingerprint density at radius 2 is 1.96 bits per heavy atom. The molecular weight excluding hydrogens is 306 g/mol. The Kier molecular flexibility index (Phi) is 7.26. The van der Waals surface area contributed by atoms with Gasteiger partial charge in [-0.2, -0.15) is 0 Å². The van der Waals surface area contributed by atoms with Crippen molar-refractivity contribution < 1.29 is 19.4 Å². The van der Waals surface area contributed by atoms with Crippen molar-refractivity contribution in [2.75, 3.05) is 13.7 Å². The van der Waals surface area contributed by atoms with Crippen LogP contribution in [-0.4, -0.2) is 41.6 Å². The summed E-state index contributed by atoms with van der Waals surface area (Å²) in [6, 6.07) is 7.82. The van der Waals surface area contributed by atoms with E-state index in [2.05, 4.69) is 0 Å². The highest BCUT2D eigenvalue weighted by molar-refractivity contribution is 5.81. The number of aliphatic carboxylic acids is 1. The Hall–Kier alpha value is -2.04. The van der Waals surface area contributed by atoms with Crippen molar-refractivity contribution in [3.05, 3.63) is 29.8 Å². The minimum absolute atomic E-state index is 0.0824. The van der Waals surface area contributed by atoms with Gasteiger partial charge in [-0.05, 0) is 37.5 Å². The number of carbonyl (C=O) groups is 2. The number of hydrogen-bond donors (Lipinski definition) is 1. The molecule has 0 saturated heterocycles. The van der Waals surface area contributed by atoms with E-state index >= 15 is 0 Å². The molecule has 0 radical (unpaired) electrons. The Balaban J connectivity index is 2.60. The second-order valence-corrected chi connectivity index (χ2v) is 7.21. The van der Waals surface area contributed by atoms with Gasteiger partial charge in [-0.1, -0.05) is 32.9 Å². The lowest BCUT2D eigenvalue weighted by Gasteiger charge is -2.31. The van der Waals surface area contributed by atoms with Crippen LogP contribution in [0.15, 0.2) is 24.3 Å². The maximum atomic E-state index is 12.3. The van der Waals surface area contributed by atoms with Crippen LogP contribution >= 0.6 is 0 Å². The van der Waals surface area contributed by atoms with Crippen molar-refractivity contribution >= 4 is 11.9 Å². The van der Waals surface area contributed by atoms with E-state index in [9.17, 15) is 9.59 Å². The molecule has 1 amide bonds. The predicted molar refractivity (Wildman–Crippen MR) is 94.2 cm³/mol. The van der Waals surface area contributed by atoms with Crippen molar-refractivity contribution in [2.45, 2.75) is 53.0 Å². The van der Waals surface area contributed by atoms with Gasteiger partial charge in [-0.15, -0.1) is 0 Å². The first-order chi connectivity index (χ1) is 11.1. The van der Waals surface area contributed by atoms with Gasteiger partial charge in [0.25, 0.3) is 0 Å². The molecule has 0 bridgehead atoms. The van der Waals surface area contributed by atoms with Crippen molar-refractivity contribution in [3.63, 3.8) is 0 Å². The van der Waals surface area contributed by atoms with Crippen molar-refractivity contribution in [3.8, 4) is 5.75 Å². The minimum Gasteiger partial charge on any atom is -0.494 e. The van der Waals surface area contributed by atoms with Crippen LogP contribution in [0.25, 0.3) is 0 Å². The molecule has 1 atom stereocenters. The summed E-state index contributed by atoms with van der Waals surface area (Å²) >= 11 is 0. The summed E-state index contributed by atoms with van der Waals surface area (Å²) in [6.07, 6.45) is 1.33. The summed E-state index contributed by atoms with van der Waals surface area (Å²) in [7, 11) is 1.84. The van der Waals surface area contributed by atoms with Crippen molar-refractivity contribution in [1.29, 1.82) is 0 Å². The van der Waals surface area contributed by atoms with Gasteiger partial charge in [-0.3, -0.25) is 9.59 Å². The van der Waals surface area contributed by atoms with E-state index in [0.29, 0.717) is 13.0 Å². The first kappa shape index (κ1) is 20.0. The molecule has 1 unspecified atom stereocenters. The molecule has 0 aromatic heterocycles. The number of carboxylic acids is 1. The van der Waals surface area contributed by atoms with Gasteiger partial charge in [0.05, 0.1) is 6.61 Å². The molecule has 0 aliphatic rings. The van der Waals surface area contributed by atoms with Gasteiger partial charge >= 0.3 is 5.97 Å². The fourth-order valence-electron chi connectivity index (χ4n) is 2.38. The van der Waals surface area contributed by atoms with Gasteiger partial charge in [0, 0.05) is 24.9 Å². The molecule has 5 heteroatoms. The number of hydrogen-bond acceptors (Lipinski definition) is 3. The van der Waals surface area contributed by atoms with Gasteiger partial charge < -0.3 is 14.7 Å². The molecule has 1 N–H and O–H groups in total. The van der Waals surface area contributed by atoms with Crippen LogP contribution in [0, 0.1) is 5.41 Å². The first-order valence-electron chi connectivity index (χ1n) is 8.32. The molecule has 1 rings (SSSR count). The lowest BCUT2D eigenvalue weighted by molar-refractivity contribution is -0.140. The SMILES string of the molecule is CC(Cc1cccc(OCCCC(=O)O)c1)N(C)C(=O)C(C)(C)C. The molecule has 0 heterocycles. The van der Waals surface area contributed by atoms with E-state index in [-0.39, 0.29) is 18.4 Å². The zero-order valence-electron chi connectivity index (χ0n) is 15.3. The summed E-state index contributed by atoms with van der Waals surface area (Å²) in [5, 5.41) is 8.62. The van der Waals surface area contributed by atoms with Crippen LogP contribution in [0.1, 0.15) is 46.1 Å². The Bertz CT molecular complexity index is 563. The first-order valence-corrected chi connectivity index (χ1v) is 8.32. The number of benzene rings is 1. The van der Waals surface area contributed by atoms with Crippen LogP contribution in [0.3, 0.4) is 0 Å². The summed E-state index contributed by atoms with van der Waals surface area (Å²) in [6.45, 7) is 8.18. The molecule has 0 spiro atoms. The third kappa shape index (κ3) is 6.60. The standard InChI is InChI=1S/C19H29NO4/c1-14(20(5)18(23)19(2,3)4)12-15-8-6-9-16(13-15)24-11-7-10-17(21)22/h6,8-9,13-14H,7,10-12H2,1-5H3,(H,21,22). The monoisotopic (exact) mass is 335 g/mol. The number of nitrogens with zero attached hydrogens (tertiary/aromatic N) is 1. The molecule has 134 valence electrons. The molecule has 0 aliphatic carbocycles. The van der Waals surface area contributed by atoms with Crippen LogP contribution in [0.5, 0.6) is 5.75 Å². The Morgan fingerprint density at radius 3 is 2.54 bits per heavy atom. The highest BCUT2D eigenvalue weighted by atomic mass is 16.5. The highest BCUT2D eigenvalue weighted by Crippen LogP contribution is 2.21. The number of amides is 1. The van der Waals surface area contributed by atoms with Crippen molar-refractivity contribution in [2.24, 2.45) is 5.41 Å². The van der Waals surface area contributed by atoms with E-state index in [1.54, 1.807) is 4.90 Å². The van der Waals surface area contributed by atoms with Gasteiger partial charge in [0.1, 0.15) is 5.75 Å². The highest BCUT2D eigenvalue weighted by Gasteiger charge is 2.27. The third-order valence-electron chi connectivity index (χ3n) is 3.86. The molecule has 5 nitrogen and oxygen atoms in total. The molecule has 0 saturated carbocycles. The lowest BCUT2D eigenvalue weighted by Crippen LogP contribution is -2.42. The maximum absolute atomic E-state index is 12.3. The fraction of sp³-hybridized carbons (Fsp3) is 0.579. The number of rotatable bonds is 8. The topological polar surface area (TPSA) is 66.8 Å². The molecule has 1 aromatic carbocycles. The van der Waals surface area contributed by atoms with Gasteiger partial charge in [0.2, 0.25) is 5.91 Å². The number of ether oxygens (including phenoxy) is 1.